The molecule has 0 saturated carbocycles. The van der Waals surface area contributed by atoms with Crippen LogP contribution < -0.4 is 0 Å². The molecule has 2 saturated heterocycles. The van der Waals surface area contributed by atoms with Gasteiger partial charge in [0.05, 0.1) is 0 Å². The van der Waals surface area contributed by atoms with Crippen molar-refractivity contribution < 1.29 is 4.79 Å². The first-order valence-electron chi connectivity index (χ1n) is 7.21. The number of rotatable bonds is 5. The first-order valence-corrected chi connectivity index (χ1v) is 7.21. The Morgan fingerprint density at radius 1 is 1.44 bits per heavy atom. The molecule has 0 aromatic carbocycles. The van der Waals surface area contributed by atoms with Gasteiger partial charge < -0.3 is 9.80 Å². The molecule has 3 heteroatoms. The Kier molecular flexibility index (Phi) is 4.44. The summed E-state index contributed by atoms with van der Waals surface area (Å²) in [5.74, 6) is 2.12. The van der Waals surface area contributed by atoms with Crippen LogP contribution in [0.2, 0.25) is 0 Å². The zero-order chi connectivity index (χ0) is 13.1. The van der Waals surface area contributed by atoms with Crippen LogP contribution in [0.25, 0.3) is 0 Å². The quantitative estimate of drug-likeness (QED) is 0.697. The minimum Gasteiger partial charge on any atom is -0.342 e. The monoisotopic (exact) mass is 250 g/mol. The smallest absolute Gasteiger partial charge is 0.223 e. The van der Waals surface area contributed by atoms with Crippen molar-refractivity contribution in [2.75, 3.05) is 32.7 Å². The molecular formula is C15H26N2O. The van der Waals surface area contributed by atoms with Gasteiger partial charge in [-0.25, -0.2) is 0 Å². The number of nitrogens with zero attached hydrogens (tertiary/aromatic N) is 2. The van der Waals surface area contributed by atoms with Crippen LogP contribution in [-0.4, -0.2) is 48.4 Å². The fourth-order valence-corrected chi connectivity index (χ4v) is 3.19. The summed E-state index contributed by atoms with van der Waals surface area (Å²) in [5, 5.41) is 0. The fourth-order valence-electron chi connectivity index (χ4n) is 3.19. The van der Waals surface area contributed by atoms with Crippen molar-refractivity contribution in [2.24, 2.45) is 17.8 Å². The van der Waals surface area contributed by atoms with Crippen LogP contribution in [0.3, 0.4) is 0 Å². The van der Waals surface area contributed by atoms with Crippen LogP contribution in [0, 0.1) is 17.8 Å². The molecule has 2 aliphatic heterocycles. The topological polar surface area (TPSA) is 23.6 Å². The molecule has 0 radical (unpaired) electrons. The SMILES string of the molecule is C=CC1CC(=O)N(CC2CCN(CC(C)C)C2)C1. The van der Waals surface area contributed by atoms with Gasteiger partial charge in [0.15, 0.2) is 0 Å². The molecule has 0 spiro atoms. The highest BCUT2D eigenvalue weighted by atomic mass is 16.2. The number of amides is 1. The third-order valence-corrected chi connectivity index (χ3v) is 4.05. The number of carbonyl (C=O) groups is 1. The van der Waals surface area contributed by atoms with Crippen LogP contribution in [-0.2, 0) is 4.79 Å². The number of likely N-dealkylation sites (tertiary alicyclic amines) is 2. The van der Waals surface area contributed by atoms with Crippen molar-refractivity contribution in [2.45, 2.75) is 26.7 Å². The van der Waals surface area contributed by atoms with Crippen LogP contribution in [0.4, 0.5) is 0 Å². The highest BCUT2D eigenvalue weighted by molar-refractivity contribution is 5.79. The summed E-state index contributed by atoms with van der Waals surface area (Å²) in [4.78, 5) is 16.4. The lowest BCUT2D eigenvalue weighted by Gasteiger charge is -2.22. The van der Waals surface area contributed by atoms with Gasteiger partial charge in [0, 0.05) is 38.5 Å². The summed E-state index contributed by atoms with van der Waals surface area (Å²) in [6.45, 7) is 13.8. The molecule has 0 bridgehead atoms. The maximum absolute atomic E-state index is 11.9. The van der Waals surface area contributed by atoms with E-state index < -0.39 is 0 Å². The van der Waals surface area contributed by atoms with Gasteiger partial charge in [-0.3, -0.25) is 4.79 Å². The molecule has 2 aliphatic rings. The van der Waals surface area contributed by atoms with Crippen LogP contribution in [0.1, 0.15) is 26.7 Å². The lowest BCUT2D eigenvalue weighted by atomic mass is 10.1. The van der Waals surface area contributed by atoms with Gasteiger partial charge >= 0.3 is 0 Å². The fraction of sp³-hybridized carbons (Fsp3) is 0.800. The molecule has 2 heterocycles. The average molecular weight is 250 g/mol. The third kappa shape index (κ3) is 3.35. The predicted molar refractivity (Wildman–Crippen MR) is 74.3 cm³/mol. The Balaban J connectivity index is 1.78. The van der Waals surface area contributed by atoms with E-state index in [-0.39, 0.29) is 0 Å². The van der Waals surface area contributed by atoms with E-state index in [1.165, 1.54) is 26.1 Å². The molecule has 0 N–H and O–H groups in total. The molecular weight excluding hydrogens is 224 g/mol. The zero-order valence-electron chi connectivity index (χ0n) is 11.8. The summed E-state index contributed by atoms with van der Waals surface area (Å²) in [5.41, 5.74) is 0. The van der Waals surface area contributed by atoms with E-state index in [4.69, 9.17) is 0 Å². The van der Waals surface area contributed by atoms with E-state index in [0.717, 1.165) is 19.0 Å². The molecule has 18 heavy (non-hydrogen) atoms. The molecule has 1 amide bonds. The lowest BCUT2D eigenvalue weighted by molar-refractivity contribution is -0.128. The van der Waals surface area contributed by atoms with Gasteiger partial charge in [-0.05, 0) is 24.8 Å². The zero-order valence-corrected chi connectivity index (χ0v) is 11.8. The molecule has 3 nitrogen and oxygen atoms in total. The van der Waals surface area contributed by atoms with Crippen molar-refractivity contribution in [1.82, 2.24) is 9.80 Å². The van der Waals surface area contributed by atoms with E-state index in [1.54, 1.807) is 0 Å². The number of carbonyl (C=O) groups excluding carboxylic acids is 1. The molecule has 2 atom stereocenters. The van der Waals surface area contributed by atoms with Gasteiger partial charge in [-0.15, -0.1) is 6.58 Å². The molecule has 2 unspecified atom stereocenters. The van der Waals surface area contributed by atoms with E-state index >= 15 is 0 Å². The van der Waals surface area contributed by atoms with Crippen molar-refractivity contribution in [3.63, 3.8) is 0 Å². The van der Waals surface area contributed by atoms with E-state index in [2.05, 4.69) is 30.2 Å². The van der Waals surface area contributed by atoms with Gasteiger partial charge in [-0.1, -0.05) is 19.9 Å². The average Bonchev–Trinajstić information content (AvgIpc) is 2.86. The Morgan fingerprint density at radius 3 is 2.83 bits per heavy atom. The normalized spacial score (nSPS) is 29.5. The summed E-state index contributed by atoms with van der Waals surface area (Å²) < 4.78 is 0. The van der Waals surface area contributed by atoms with Crippen LogP contribution in [0.15, 0.2) is 12.7 Å². The maximum atomic E-state index is 11.9. The van der Waals surface area contributed by atoms with E-state index in [9.17, 15) is 4.79 Å². The molecule has 0 aromatic heterocycles. The van der Waals surface area contributed by atoms with Crippen LogP contribution in [0.5, 0.6) is 0 Å². The standard InChI is InChI=1S/C15H26N2O/c1-4-13-7-15(18)17(10-13)11-14-5-6-16(9-14)8-12(2)3/h4,12-14H,1,5-11H2,2-3H3. The van der Waals surface area contributed by atoms with Crippen molar-refractivity contribution in [3.05, 3.63) is 12.7 Å². The molecule has 0 aromatic rings. The largest absolute Gasteiger partial charge is 0.342 e. The predicted octanol–water partition coefficient (Wildman–Crippen LogP) is 2.00. The minimum atomic E-state index is 0.321. The van der Waals surface area contributed by atoms with Crippen LogP contribution >= 0.6 is 0 Å². The highest BCUT2D eigenvalue weighted by Gasteiger charge is 2.31. The Hall–Kier alpha value is -0.830. The maximum Gasteiger partial charge on any atom is 0.223 e. The summed E-state index contributed by atoms with van der Waals surface area (Å²) in [6.07, 6.45) is 3.85. The van der Waals surface area contributed by atoms with Gasteiger partial charge in [0.1, 0.15) is 0 Å². The van der Waals surface area contributed by atoms with E-state index in [0.29, 0.717) is 24.2 Å². The second kappa shape index (κ2) is 5.87. The summed E-state index contributed by atoms with van der Waals surface area (Å²) >= 11 is 0. The number of hydrogen-bond acceptors (Lipinski definition) is 2. The van der Waals surface area contributed by atoms with Gasteiger partial charge in [0.2, 0.25) is 5.91 Å². The third-order valence-electron chi connectivity index (χ3n) is 4.05. The Morgan fingerprint density at radius 2 is 2.22 bits per heavy atom. The molecule has 2 rings (SSSR count). The van der Waals surface area contributed by atoms with Gasteiger partial charge in [-0.2, -0.15) is 0 Å². The second-order valence-electron chi connectivity index (χ2n) is 6.31. The molecule has 0 aliphatic carbocycles. The van der Waals surface area contributed by atoms with Crippen molar-refractivity contribution >= 4 is 5.91 Å². The van der Waals surface area contributed by atoms with Crippen molar-refractivity contribution in [1.29, 1.82) is 0 Å². The highest BCUT2D eigenvalue weighted by Crippen LogP contribution is 2.23. The Bertz CT molecular complexity index is 314. The van der Waals surface area contributed by atoms with Crippen molar-refractivity contribution in [3.8, 4) is 0 Å². The number of hydrogen-bond donors (Lipinski definition) is 0. The summed E-state index contributed by atoms with van der Waals surface area (Å²) in [6, 6.07) is 0. The first kappa shape index (κ1) is 13.6. The Labute approximate surface area is 111 Å². The second-order valence-corrected chi connectivity index (χ2v) is 6.31. The lowest BCUT2D eigenvalue weighted by Crippen LogP contribution is -2.33. The molecule has 2 fully saturated rings. The summed E-state index contributed by atoms with van der Waals surface area (Å²) in [7, 11) is 0. The minimum absolute atomic E-state index is 0.321. The van der Waals surface area contributed by atoms with Gasteiger partial charge in [0.25, 0.3) is 0 Å². The van der Waals surface area contributed by atoms with E-state index in [1.807, 2.05) is 6.08 Å². The first-order chi connectivity index (χ1) is 8.58. The molecule has 102 valence electrons.